The SMILES string of the molecule is CCOc1ccc(CCNC(=S)Nc2ccc(N(C)C)cc2)cc1OC. The van der Waals surface area contributed by atoms with Crippen molar-refractivity contribution >= 4 is 28.7 Å². The molecule has 0 saturated heterocycles. The van der Waals surface area contributed by atoms with Gasteiger partial charge < -0.3 is 25.0 Å². The van der Waals surface area contributed by atoms with E-state index < -0.39 is 0 Å². The molecule has 0 aliphatic heterocycles. The van der Waals surface area contributed by atoms with Crippen LogP contribution in [0.5, 0.6) is 11.5 Å². The predicted octanol–water partition coefficient (Wildman–Crippen LogP) is 3.69. The van der Waals surface area contributed by atoms with Gasteiger partial charge in [0, 0.05) is 32.0 Å². The molecule has 0 aliphatic carbocycles. The normalized spacial score (nSPS) is 10.2. The second-order valence-electron chi connectivity index (χ2n) is 5.99. The van der Waals surface area contributed by atoms with Crippen LogP contribution in [0.4, 0.5) is 11.4 Å². The lowest BCUT2D eigenvalue weighted by atomic mass is 10.1. The predicted molar refractivity (Wildman–Crippen MR) is 113 cm³/mol. The lowest BCUT2D eigenvalue weighted by Crippen LogP contribution is -2.30. The van der Waals surface area contributed by atoms with Gasteiger partial charge in [-0.25, -0.2) is 0 Å². The van der Waals surface area contributed by atoms with Crippen molar-refractivity contribution in [1.82, 2.24) is 5.32 Å². The van der Waals surface area contributed by atoms with E-state index in [1.165, 1.54) is 0 Å². The molecule has 0 aromatic heterocycles. The highest BCUT2D eigenvalue weighted by molar-refractivity contribution is 7.80. The van der Waals surface area contributed by atoms with Gasteiger partial charge in [0.15, 0.2) is 16.6 Å². The number of ether oxygens (including phenoxy) is 2. The van der Waals surface area contributed by atoms with Crippen molar-refractivity contribution < 1.29 is 9.47 Å². The Hall–Kier alpha value is -2.47. The highest BCUT2D eigenvalue weighted by atomic mass is 32.1. The van der Waals surface area contributed by atoms with E-state index in [2.05, 4.69) is 27.7 Å². The van der Waals surface area contributed by atoms with Crippen LogP contribution < -0.4 is 25.0 Å². The summed E-state index contributed by atoms with van der Waals surface area (Å²) in [5, 5.41) is 7.04. The fraction of sp³-hybridized carbons (Fsp3) is 0.350. The van der Waals surface area contributed by atoms with Gasteiger partial charge in [-0.15, -0.1) is 0 Å². The fourth-order valence-corrected chi connectivity index (χ4v) is 2.70. The first-order chi connectivity index (χ1) is 12.5. The molecule has 0 unspecified atom stereocenters. The number of hydrogen-bond acceptors (Lipinski definition) is 4. The largest absolute Gasteiger partial charge is 0.493 e. The summed E-state index contributed by atoms with van der Waals surface area (Å²) in [6.07, 6.45) is 0.837. The van der Waals surface area contributed by atoms with E-state index in [0.29, 0.717) is 11.7 Å². The van der Waals surface area contributed by atoms with E-state index in [-0.39, 0.29) is 0 Å². The quantitative estimate of drug-likeness (QED) is 0.688. The summed E-state index contributed by atoms with van der Waals surface area (Å²) in [7, 11) is 5.69. The van der Waals surface area contributed by atoms with Gasteiger partial charge in [0.05, 0.1) is 13.7 Å². The number of nitrogens with one attached hydrogen (secondary N) is 2. The molecule has 140 valence electrons. The van der Waals surface area contributed by atoms with E-state index in [4.69, 9.17) is 21.7 Å². The number of benzene rings is 2. The molecule has 2 rings (SSSR count). The van der Waals surface area contributed by atoms with Gasteiger partial charge in [0.1, 0.15) is 0 Å². The van der Waals surface area contributed by atoms with Crippen molar-refractivity contribution in [2.75, 3.05) is 44.6 Å². The van der Waals surface area contributed by atoms with E-state index in [9.17, 15) is 0 Å². The Balaban J connectivity index is 1.82. The molecule has 0 fully saturated rings. The molecule has 0 bridgehead atoms. The van der Waals surface area contributed by atoms with Crippen LogP contribution in [0.1, 0.15) is 12.5 Å². The maximum atomic E-state index is 5.54. The summed E-state index contributed by atoms with van der Waals surface area (Å²) in [5.74, 6) is 1.52. The highest BCUT2D eigenvalue weighted by Crippen LogP contribution is 2.28. The number of rotatable bonds is 8. The molecule has 6 heteroatoms. The Kier molecular flexibility index (Phi) is 7.53. The Morgan fingerprint density at radius 2 is 1.81 bits per heavy atom. The second kappa shape index (κ2) is 9.87. The lowest BCUT2D eigenvalue weighted by molar-refractivity contribution is 0.310. The molecule has 0 spiro atoms. The zero-order valence-corrected chi connectivity index (χ0v) is 16.7. The van der Waals surface area contributed by atoms with Crippen molar-refractivity contribution in [3.8, 4) is 11.5 Å². The molecule has 26 heavy (non-hydrogen) atoms. The monoisotopic (exact) mass is 373 g/mol. The van der Waals surface area contributed by atoms with Gasteiger partial charge in [0.25, 0.3) is 0 Å². The van der Waals surface area contributed by atoms with Gasteiger partial charge in [0.2, 0.25) is 0 Å². The van der Waals surface area contributed by atoms with E-state index in [1.54, 1.807) is 7.11 Å². The first-order valence-corrected chi connectivity index (χ1v) is 9.06. The third kappa shape index (κ3) is 5.81. The van der Waals surface area contributed by atoms with E-state index >= 15 is 0 Å². The molecule has 0 amide bonds. The molecule has 0 atom stereocenters. The van der Waals surface area contributed by atoms with Crippen LogP contribution in [0.2, 0.25) is 0 Å². The third-order valence-corrected chi connectivity index (χ3v) is 4.12. The van der Waals surface area contributed by atoms with Crippen molar-refractivity contribution in [3.05, 3.63) is 48.0 Å². The lowest BCUT2D eigenvalue weighted by Gasteiger charge is -2.14. The smallest absolute Gasteiger partial charge is 0.170 e. The van der Waals surface area contributed by atoms with Crippen LogP contribution in [0, 0.1) is 0 Å². The summed E-state index contributed by atoms with van der Waals surface area (Å²) in [6, 6.07) is 14.1. The minimum absolute atomic E-state index is 0.612. The van der Waals surface area contributed by atoms with Crippen LogP contribution in [0.3, 0.4) is 0 Å². The van der Waals surface area contributed by atoms with E-state index in [0.717, 1.165) is 41.4 Å². The van der Waals surface area contributed by atoms with Crippen LogP contribution >= 0.6 is 12.2 Å². The molecule has 5 nitrogen and oxygen atoms in total. The summed E-state index contributed by atoms with van der Waals surface area (Å²) < 4.78 is 10.9. The third-order valence-electron chi connectivity index (χ3n) is 3.87. The summed E-state index contributed by atoms with van der Waals surface area (Å²) in [4.78, 5) is 2.06. The minimum atomic E-state index is 0.612. The average Bonchev–Trinajstić information content (AvgIpc) is 2.63. The number of thiocarbonyl (C=S) groups is 1. The first-order valence-electron chi connectivity index (χ1n) is 8.65. The van der Waals surface area contributed by atoms with Gasteiger partial charge in [-0.1, -0.05) is 6.07 Å². The molecule has 0 saturated carbocycles. The van der Waals surface area contributed by atoms with Crippen LogP contribution in [0.25, 0.3) is 0 Å². The number of methoxy groups -OCH3 is 1. The maximum absolute atomic E-state index is 5.54. The second-order valence-corrected chi connectivity index (χ2v) is 6.40. The molecular formula is C20H27N3O2S. The zero-order chi connectivity index (χ0) is 18.9. The maximum Gasteiger partial charge on any atom is 0.170 e. The number of hydrogen-bond donors (Lipinski definition) is 2. The molecule has 0 aliphatic rings. The topological polar surface area (TPSA) is 45.8 Å². The molecule has 0 heterocycles. The van der Waals surface area contributed by atoms with Crippen LogP contribution in [0.15, 0.2) is 42.5 Å². The van der Waals surface area contributed by atoms with Gasteiger partial charge >= 0.3 is 0 Å². The minimum Gasteiger partial charge on any atom is -0.493 e. The molecule has 0 radical (unpaired) electrons. The molecule has 2 N–H and O–H groups in total. The molecular weight excluding hydrogens is 346 g/mol. The first kappa shape index (κ1) is 19.8. The molecule has 2 aromatic carbocycles. The Morgan fingerprint density at radius 3 is 2.42 bits per heavy atom. The summed E-state index contributed by atoms with van der Waals surface area (Å²) in [6.45, 7) is 3.31. The number of anilines is 2. The fourth-order valence-electron chi connectivity index (χ4n) is 2.48. The molecule has 2 aromatic rings. The summed E-state index contributed by atoms with van der Waals surface area (Å²) in [5.41, 5.74) is 3.28. The Morgan fingerprint density at radius 1 is 1.08 bits per heavy atom. The van der Waals surface area contributed by atoms with Gasteiger partial charge in [-0.3, -0.25) is 0 Å². The van der Waals surface area contributed by atoms with E-state index in [1.807, 2.05) is 51.4 Å². The standard InChI is InChI=1S/C20H27N3O2S/c1-5-25-18-11-6-15(14-19(18)24-4)12-13-21-20(26)22-16-7-9-17(10-8-16)23(2)3/h6-11,14H,5,12-13H2,1-4H3,(H2,21,22,26). The van der Waals surface area contributed by atoms with Crippen molar-refractivity contribution in [2.45, 2.75) is 13.3 Å². The Bertz CT molecular complexity index is 717. The van der Waals surface area contributed by atoms with Crippen LogP contribution in [-0.2, 0) is 6.42 Å². The average molecular weight is 374 g/mol. The Labute approximate surface area is 161 Å². The van der Waals surface area contributed by atoms with Crippen molar-refractivity contribution in [1.29, 1.82) is 0 Å². The van der Waals surface area contributed by atoms with Crippen molar-refractivity contribution in [3.63, 3.8) is 0 Å². The number of nitrogens with zero attached hydrogens (tertiary/aromatic N) is 1. The van der Waals surface area contributed by atoms with Gasteiger partial charge in [-0.2, -0.15) is 0 Å². The zero-order valence-electron chi connectivity index (χ0n) is 15.8. The van der Waals surface area contributed by atoms with Gasteiger partial charge in [-0.05, 0) is 67.5 Å². The van der Waals surface area contributed by atoms with Crippen LogP contribution in [-0.4, -0.2) is 39.5 Å². The highest BCUT2D eigenvalue weighted by Gasteiger charge is 2.05. The van der Waals surface area contributed by atoms with Crippen molar-refractivity contribution in [2.24, 2.45) is 0 Å². The summed E-state index contributed by atoms with van der Waals surface area (Å²) >= 11 is 5.36.